The molecule has 0 saturated heterocycles. The number of aryl methyl sites for hydroxylation is 2. The van der Waals surface area contributed by atoms with Gasteiger partial charge >= 0.3 is 11.7 Å². The van der Waals surface area contributed by atoms with Crippen molar-refractivity contribution in [3.8, 4) is 16.7 Å². The number of benzene rings is 1. The number of nitrogens with one attached hydrogen (secondary N) is 1. The highest BCUT2D eigenvalue weighted by molar-refractivity contribution is 7.13. The third-order valence-electron chi connectivity index (χ3n) is 4.79. The highest BCUT2D eigenvalue weighted by Crippen LogP contribution is 2.31. The lowest BCUT2D eigenvalue weighted by atomic mass is 10.0. The van der Waals surface area contributed by atoms with Crippen LogP contribution in [-0.2, 0) is 11.2 Å². The van der Waals surface area contributed by atoms with Crippen LogP contribution in [0.3, 0.4) is 0 Å². The Morgan fingerprint density at radius 2 is 1.97 bits per heavy atom. The molecule has 0 spiro atoms. The van der Waals surface area contributed by atoms with Gasteiger partial charge in [-0.2, -0.15) is 4.98 Å². The van der Waals surface area contributed by atoms with E-state index in [1.165, 1.54) is 42.8 Å². The number of aromatic hydroxyl groups is 1. The Labute approximate surface area is 227 Å². The number of carbonyl (C=O) groups is 2. The standard InChI is InChI=1S/C16H21NO6.C10H7ClFNOS/c1-10(2)14(19)13-12(18)9-11(23-15(13)20)7-5-4-6-8-17-16(21)22-3;1-6-9(11)13-10(15-6)14-8-4-2-7(12)3-5-8/h6,8-10,18H,4-5,7H2,1-3H3,(H,17,21);2-5H,1H3/b8-6+;. The highest BCUT2D eigenvalue weighted by Gasteiger charge is 2.21. The van der Waals surface area contributed by atoms with E-state index in [0.29, 0.717) is 41.1 Å². The Hall–Kier alpha value is -3.70. The molecule has 2 N–H and O–H groups in total. The minimum absolute atomic E-state index is 0.296. The lowest BCUT2D eigenvalue weighted by Gasteiger charge is -2.06. The summed E-state index contributed by atoms with van der Waals surface area (Å²) in [5.41, 5.74) is -1.12. The van der Waals surface area contributed by atoms with Crippen molar-refractivity contribution >= 4 is 34.8 Å². The number of hydrogen-bond acceptors (Lipinski definition) is 9. The molecule has 38 heavy (non-hydrogen) atoms. The fourth-order valence-corrected chi connectivity index (χ4v) is 3.74. The van der Waals surface area contributed by atoms with Gasteiger partial charge in [0.1, 0.15) is 33.8 Å². The number of unbranched alkanes of at least 4 members (excludes halogenated alkanes) is 1. The molecular weight excluding hydrogens is 539 g/mol. The van der Waals surface area contributed by atoms with Gasteiger partial charge in [0.2, 0.25) is 0 Å². The van der Waals surface area contributed by atoms with E-state index in [1.807, 2.05) is 6.92 Å². The number of aromatic nitrogens is 1. The monoisotopic (exact) mass is 566 g/mol. The quantitative estimate of drug-likeness (QED) is 0.224. The summed E-state index contributed by atoms with van der Waals surface area (Å²) >= 11 is 7.13. The molecule has 1 aromatic carbocycles. The fourth-order valence-electron chi connectivity index (χ4n) is 2.83. The van der Waals surface area contributed by atoms with Crippen molar-refractivity contribution in [2.45, 2.75) is 40.0 Å². The van der Waals surface area contributed by atoms with Gasteiger partial charge in [-0.1, -0.05) is 42.9 Å². The number of nitrogens with zero attached hydrogens (tertiary/aromatic N) is 1. The zero-order valence-corrected chi connectivity index (χ0v) is 22.8. The number of thiazole rings is 1. The van der Waals surface area contributed by atoms with Crippen molar-refractivity contribution in [2.75, 3.05) is 7.11 Å². The predicted molar refractivity (Wildman–Crippen MR) is 142 cm³/mol. The Kier molecular flexibility index (Phi) is 12.0. The van der Waals surface area contributed by atoms with Gasteiger partial charge in [-0.3, -0.25) is 10.1 Å². The van der Waals surface area contributed by atoms with Crippen LogP contribution in [0.5, 0.6) is 16.7 Å². The maximum Gasteiger partial charge on any atom is 0.410 e. The van der Waals surface area contributed by atoms with E-state index >= 15 is 0 Å². The molecule has 12 heteroatoms. The van der Waals surface area contributed by atoms with E-state index in [2.05, 4.69) is 15.0 Å². The van der Waals surface area contributed by atoms with Crippen LogP contribution in [0.4, 0.5) is 9.18 Å². The van der Waals surface area contributed by atoms with E-state index in [0.717, 1.165) is 4.88 Å². The largest absolute Gasteiger partial charge is 0.507 e. The molecule has 2 aromatic heterocycles. The van der Waals surface area contributed by atoms with Crippen LogP contribution in [0.25, 0.3) is 0 Å². The second-order valence-corrected chi connectivity index (χ2v) is 9.62. The molecule has 0 bridgehead atoms. The van der Waals surface area contributed by atoms with Gasteiger partial charge in [0.15, 0.2) is 5.78 Å². The summed E-state index contributed by atoms with van der Waals surface area (Å²) in [6.07, 6.45) is 4.32. The van der Waals surface area contributed by atoms with Gasteiger partial charge in [-0.15, -0.1) is 0 Å². The molecule has 0 radical (unpaired) electrons. The van der Waals surface area contributed by atoms with Crippen molar-refractivity contribution in [1.29, 1.82) is 0 Å². The van der Waals surface area contributed by atoms with Crippen molar-refractivity contribution < 1.29 is 33.0 Å². The Morgan fingerprint density at radius 3 is 2.53 bits per heavy atom. The number of allylic oxidation sites excluding steroid dienone is 1. The Balaban J connectivity index is 0.000000290. The molecule has 0 atom stereocenters. The van der Waals surface area contributed by atoms with Crippen LogP contribution in [0.15, 0.2) is 51.8 Å². The maximum absolute atomic E-state index is 12.6. The lowest BCUT2D eigenvalue weighted by molar-refractivity contribution is 0.0931. The van der Waals surface area contributed by atoms with E-state index in [4.69, 9.17) is 20.8 Å². The molecule has 204 valence electrons. The summed E-state index contributed by atoms with van der Waals surface area (Å²) in [4.78, 5) is 39.3. The van der Waals surface area contributed by atoms with Gasteiger partial charge in [-0.25, -0.2) is 14.0 Å². The van der Waals surface area contributed by atoms with Gasteiger partial charge in [0.05, 0.1) is 7.11 Å². The van der Waals surface area contributed by atoms with Crippen LogP contribution in [0.1, 0.15) is 47.7 Å². The number of methoxy groups -OCH3 is 1. The lowest BCUT2D eigenvalue weighted by Crippen LogP contribution is -2.19. The van der Waals surface area contributed by atoms with Crippen LogP contribution in [0.2, 0.25) is 5.15 Å². The van der Waals surface area contributed by atoms with Gasteiger partial charge < -0.3 is 19.0 Å². The molecule has 3 rings (SSSR count). The van der Waals surface area contributed by atoms with Crippen LogP contribution >= 0.6 is 22.9 Å². The average molecular weight is 567 g/mol. The van der Waals surface area contributed by atoms with Crippen LogP contribution < -0.4 is 15.7 Å². The van der Waals surface area contributed by atoms with E-state index in [9.17, 15) is 23.9 Å². The number of ether oxygens (including phenoxy) is 2. The normalized spacial score (nSPS) is 10.7. The first-order chi connectivity index (χ1) is 18.0. The number of ketones is 1. The first kappa shape index (κ1) is 30.5. The maximum atomic E-state index is 12.6. The number of halogens is 2. The van der Waals surface area contributed by atoms with Gasteiger partial charge in [-0.05, 0) is 44.0 Å². The summed E-state index contributed by atoms with van der Waals surface area (Å²) in [6, 6.07) is 7.04. The third-order valence-corrected chi connectivity index (χ3v) is 6.12. The zero-order valence-electron chi connectivity index (χ0n) is 21.2. The molecule has 9 nitrogen and oxygen atoms in total. The number of Topliss-reactive ketones (excluding diaryl/α,β-unsaturated/α-hetero) is 1. The first-order valence-electron chi connectivity index (χ1n) is 11.5. The summed E-state index contributed by atoms with van der Waals surface area (Å²) in [6.45, 7) is 5.14. The molecule has 1 amide bonds. The van der Waals surface area contributed by atoms with Gasteiger partial charge in [0.25, 0.3) is 5.19 Å². The highest BCUT2D eigenvalue weighted by atomic mass is 35.5. The number of carbonyl (C=O) groups excluding carboxylic acids is 2. The van der Waals surface area contributed by atoms with Crippen molar-refractivity contribution in [3.63, 3.8) is 0 Å². The minimum atomic E-state index is -0.818. The number of rotatable bonds is 9. The smallest absolute Gasteiger partial charge is 0.410 e. The first-order valence-corrected chi connectivity index (χ1v) is 12.7. The minimum Gasteiger partial charge on any atom is -0.507 e. The molecule has 0 unspecified atom stereocenters. The number of hydrogen-bond donors (Lipinski definition) is 2. The topological polar surface area (TPSA) is 128 Å². The average Bonchev–Trinajstić information content (AvgIpc) is 3.18. The molecule has 0 aliphatic rings. The predicted octanol–water partition coefficient (Wildman–Crippen LogP) is 6.41. The molecule has 0 fully saturated rings. The third kappa shape index (κ3) is 9.64. The number of alkyl carbamates (subject to hydrolysis) is 1. The van der Waals surface area contributed by atoms with E-state index in [1.54, 1.807) is 32.1 Å². The van der Waals surface area contributed by atoms with Crippen molar-refractivity contribution in [1.82, 2.24) is 10.3 Å². The summed E-state index contributed by atoms with van der Waals surface area (Å²) < 4.78 is 27.5. The molecular formula is C26H28ClFN2O7S. The second-order valence-electron chi connectivity index (χ2n) is 8.09. The van der Waals surface area contributed by atoms with E-state index < -0.39 is 23.4 Å². The summed E-state index contributed by atoms with van der Waals surface area (Å²) in [5.74, 6) is -0.640. The SMILES string of the molecule is COC(=O)N/C=C/CCCc1cc(O)c(C(=O)C(C)C)c(=O)o1.Cc1sc(Oc2ccc(F)cc2)nc1Cl. The second kappa shape index (κ2) is 14.9. The summed E-state index contributed by atoms with van der Waals surface area (Å²) in [7, 11) is 1.27. The van der Waals surface area contributed by atoms with Crippen LogP contribution in [-0.4, -0.2) is 29.1 Å². The molecule has 3 aromatic rings. The van der Waals surface area contributed by atoms with E-state index in [-0.39, 0.29) is 17.1 Å². The van der Waals surface area contributed by atoms with Crippen molar-refractivity contribution in [3.05, 3.63) is 80.2 Å². The molecule has 0 saturated carbocycles. The molecule has 0 aliphatic carbocycles. The van der Waals surface area contributed by atoms with Gasteiger partial charge in [0, 0.05) is 29.5 Å². The van der Waals surface area contributed by atoms with Crippen LogP contribution in [0, 0.1) is 18.7 Å². The number of amides is 1. The molecule has 2 heterocycles. The summed E-state index contributed by atoms with van der Waals surface area (Å²) in [5, 5.41) is 13.2. The molecule has 0 aliphatic heterocycles. The Bertz CT molecular complexity index is 1300. The zero-order chi connectivity index (χ0) is 28.2. The Morgan fingerprint density at radius 1 is 1.29 bits per heavy atom. The fraction of sp³-hybridized carbons (Fsp3) is 0.308. The van der Waals surface area contributed by atoms with Crippen molar-refractivity contribution in [2.24, 2.45) is 5.92 Å².